The molecule has 2 heterocycles. The molecule has 4 amide bonds. The molecule has 2 fully saturated rings. The minimum atomic E-state index is -5.33. The van der Waals surface area contributed by atoms with Crippen LogP contribution in [0, 0.1) is 0 Å². The summed E-state index contributed by atoms with van der Waals surface area (Å²) < 4.78 is 19.3. The van der Waals surface area contributed by atoms with Crippen LogP contribution in [0.2, 0.25) is 0 Å². The van der Waals surface area contributed by atoms with E-state index in [1.54, 1.807) is 0 Å². The number of carbonyl (C=O) groups excluding carboxylic acids is 3. The van der Waals surface area contributed by atoms with E-state index in [1.807, 2.05) is 5.32 Å². The molecule has 0 aromatic carbocycles. The Hall–Kier alpha value is 0.600. The molecule has 2 aliphatic heterocycles. The van der Waals surface area contributed by atoms with Gasteiger partial charge in [-0.1, -0.05) is 0 Å². The number of urea groups is 1. The second-order valence-corrected chi connectivity index (χ2v) is 5.74. The van der Waals surface area contributed by atoms with Crippen molar-refractivity contribution in [3.05, 3.63) is 0 Å². The van der Waals surface area contributed by atoms with Gasteiger partial charge >= 0.3 is 65.1 Å². The first kappa shape index (κ1) is 24.6. The van der Waals surface area contributed by atoms with Crippen LogP contribution in [0.5, 0.6) is 0 Å². The third kappa shape index (κ3) is 5.81. The van der Waals surface area contributed by atoms with Crippen LogP contribution in [0.25, 0.3) is 0 Å². The van der Waals surface area contributed by atoms with Gasteiger partial charge in [-0.2, -0.15) is 0 Å². The number of phosphoric ester groups is 1. The maximum atomic E-state index is 11.7. The molecule has 2 saturated heterocycles. The molecule has 0 aromatic rings. The van der Waals surface area contributed by atoms with Crippen molar-refractivity contribution in [1.29, 1.82) is 0 Å². The monoisotopic (exact) mass is 384 g/mol. The van der Waals surface area contributed by atoms with Gasteiger partial charge in [-0.05, 0) is 0 Å². The van der Waals surface area contributed by atoms with Crippen molar-refractivity contribution in [2.45, 2.75) is 31.0 Å². The first-order chi connectivity index (χ1) is 10.1. The Labute approximate surface area is 179 Å². The SMILES string of the molecule is O=C1CC(=O)N([C@@H]2O[C@H](COP(=O)([O-])[O-])[C@@H](O)[C@H]2O)C(=O)N1.[Na+].[Na+]. The molecule has 0 radical (unpaired) electrons. The zero-order valence-electron chi connectivity index (χ0n) is 12.8. The summed E-state index contributed by atoms with van der Waals surface area (Å²) in [6.07, 6.45) is -7.26. The Morgan fingerprint density at radius 2 is 1.83 bits per heavy atom. The summed E-state index contributed by atoms with van der Waals surface area (Å²) in [5.41, 5.74) is 0. The summed E-state index contributed by atoms with van der Waals surface area (Å²) in [5.74, 6) is -1.80. The fourth-order valence-electron chi connectivity index (χ4n) is 2.06. The number of nitrogens with zero attached hydrogens (tertiary/aromatic N) is 1. The van der Waals surface area contributed by atoms with Crippen molar-refractivity contribution in [1.82, 2.24) is 10.2 Å². The molecule has 0 bridgehead atoms. The first-order valence-corrected chi connectivity index (χ1v) is 7.40. The molecule has 0 saturated carbocycles. The number of amides is 4. The summed E-state index contributed by atoms with van der Waals surface area (Å²) in [5, 5.41) is 21.3. The van der Waals surface area contributed by atoms with Gasteiger partial charge in [-0.15, -0.1) is 0 Å². The molecule has 124 valence electrons. The van der Waals surface area contributed by atoms with Gasteiger partial charge in [-0.3, -0.25) is 14.9 Å². The predicted molar refractivity (Wildman–Crippen MR) is 59.2 cm³/mol. The average Bonchev–Trinajstić information content (AvgIpc) is 2.63. The minimum Gasteiger partial charge on any atom is -0.790 e. The van der Waals surface area contributed by atoms with Crippen molar-refractivity contribution >= 4 is 25.7 Å². The molecule has 12 nitrogen and oxygen atoms in total. The van der Waals surface area contributed by atoms with Crippen molar-refractivity contribution in [2.75, 3.05) is 6.61 Å². The summed E-state index contributed by atoms with van der Waals surface area (Å²) in [7, 11) is -5.33. The third-order valence-corrected chi connectivity index (χ3v) is 3.50. The standard InChI is InChI=1S/C9H13N2O10P.2Na/c12-4-1-5(13)11(9(16)10-4)8-7(15)6(14)3(21-8)2-20-22(17,18)19;;/h3,6-8,14-15H,1-2H2,(H,10,12,16)(H2,17,18,19);;/q;2*+1/p-2/t3-,6-,7-,8-;;/m1../s1. The first-order valence-electron chi connectivity index (χ1n) is 5.94. The number of imide groups is 2. The van der Waals surface area contributed by atoms with Crippen LogP contribution in [0.3, 0.4) is 0 Å². The minimum absolute atomic E-state index is 0. The molecule has 0 unspecified atom stereocenters. The molecular weight excluding hydrogens is 373 g/mol. The van der Waals surface area contributed by atoms with Gasteiger partial charge in [0.05, 0.1) is 14.4 Å². The second-order valence-electron chi connectivity index (χ2n) is 4.58. The maximum Gasteiger partial charge on any atom is 1.00 e. The largest absolute Gasteiger partial charge is 1.00 e. The van der Waals surface area contributed by atoms with E-state index in [2.05, 4.69) is 4.52 Å². The van der Waals surface area contributed by atoms with Gasteiger partial charge < -0.3 is 33.8 Å². The van der Waals surface area contributed by atoms with Crippen LogP contribution in [-0.2, 0) is 23.4 Å². The van der Waals surface area contributed by atoms with Crippen LogP contribution in [0.4, 0.5) is 4.79 Å². The van der Waals surface area contributed by atoms with Gasteiger partial charge in [0.25, 0.3) is 0 Å². The number of hydrogen-bond donors (Lipinski definition) is 3. The normalized spacial score (nSPS) is 30.5. The van der Waals surface area contributed by atoms with Crippen molar-refractivity contribution in [3.8, 4) is 0 Å². The van der Waals surface area contributed by atoms with Gasteiger partial charge in [0, 0.05) is 0 Å². The Bertz CT molecular complexity index is 536. The van der Waals surface area contributed by atoms with Crippen LogP contribution in [0.15, 0.2) is 0 Å². The number of aliphatic hydroxyl groups is 2. The topological polar surface area (TPSA) is 189 Å². The molecule has 0 aromatic heterocycles. The molecule has 3 N–H and O–H groups in total. The third-order valence-electron chi connectivity index (χ3n) is 3.03. The average molecular weight is 384 g/mol. The maximum absolute atomic E-state index is 11.7. The fraction of sp³-hybridized carbons (Fsp3) is 0.667. The van der Waals surface area contributed by atoms with E-state index in [1.165, 1.54) is 0 Å². The zero-order valence-corrected chi connectivity index (χ0v) is 17.7. The van der Waals surface area contributed by atoms with Crippen LogP contribution in [0.1, 0.15) is 6.42 Å². The number of ether oxygens (including phenoxy) is 1. The van der Waals surface area contributed by atoms with Gasteiger partial charge in [0.1, 0.15) is 24.7 Å². The van der Waals surface area contributed by atoms with Crippen LogP contribution in [-0.4, -0.2) is 64.1 Å². The Kier molecular flexibility index (Phi) is 9.75. The number of nitrogens with one attached hydrogen (secondary N) is 1. The molecule has 0 spiro atoms. The van der Waals surface area contributed by atoms with Crippen LogP contribution < -0.4 is 74.2 Å². The van der Waals surface area contributed by atoms with E-state index < -0.39 is 63.2 Å². The molecule has 2 aliphatic rings. The smallest absolute Gasteiger partial charge is 0.790 e. The fourth-order valence-corrected chi connectivity index (χ4v) is 2.39. The van der Waals surface area contributed by atoms with E-state index in [-0.39, 0.29) is 59.1 Å². The molecule has 24 heavy (non-hydrogen) atoms. The molecule has 4 atom stereocenters. The number of aliphatic hydroxyl groups excluding tert-OH is 2. The molecule has 2 rings (SSSR count). The number of phosphoric acid groups is 1. The molecular formula is C9H11N2Na2O10P. The van der Waals surface area contributed by atoms with Crippen molar-refractivity contribution in [3.63, 3.8) is 0 Å². The van der Waals surface area contributed by atoms with Gasteiger partial charge in [0.2, 0.25) is 11.8 Å². The van der Waals surface area contributed by atoms with Crippen LogP contribution >= 0.6 is 7.82 Å². The van der Waals surface area contributed by atoms with E-state index in [4.69, 9.17) is 4.74 Å². The quantitative estimate of drug-likeness (QED) is 0.238. The van der Waals surface area contributed by atoms with Crippen molar-refractivity contribution < 1.29 is 107 Å². The second kappa shape index (κ2) is 9.51. The Balaban J connectivity index is 0.00000264. The molecule has 0 aliphatic carbocycles. The van der Waals surface area contributed by atoms with E-state index in [9.17, 15) is 38.9 Å². The summed E-state index contributed by atoms with van der Waals surface area (Å²) in [6.45, 7) is -0.901. The number of carbonyl (C=O) groups is 3. The van der Waals surface area contributed by atoms with E-state index in [0.717, 1.165) is 0 Å². The number of hydrogen-bond acceptors (Lipinski definition) is 10. The van der Waals surface area contributed by atoms with Crippen molar-refractivity contribution in [2.24, 2.45) is 0 Å². The zero-order chi connectivity index (χ0) is 16.7. The summed E-state index contributed by atoms with van der Waals surface area (Å²) >= 11 is 0. The Morgan fingerprint density at radius 3 is 2.33 bits per heavy atom. The summed E-state index contributed by atoms with van der Waals surface area (Å²) in [6, 6.07) is -1.16. The van der Waals surface area contributed by atoms with Gasteiger partial charge in [-0.25, -0.2) is 9.69 Å². The summed E-state index contributed by atoms with van der Waals surface area (Å²) in [4.78, 5) is 55.5. The van der Waals surface area contributed by atoms with E-state index >= 15 is 0 Å². The van der Waals surface area contributed by atoms with E-state index in [0.29, 0.717) is 4.90 Å². The molecule has 15 heteroatoms. The number of rotatable bonds is 4. The number of barbiturate groups is 1. The predicted octanol–water partition coefficient (Wildman–Crippen LogP) is -10.2. The van der Waals surface area contributed by atoms with Gasteiger partial charge in [0.15, 0.2) is 6.23 Å². The Morgan fingerprint density at radius 1 is 1.25 bits per heavy atom.